The lowest BCUT2D eigenvalue weighted by Gasteiger charge is -2.19. The molecule has 0 heterocycles. The molecule has 0 aliphatic rings. The third-order valence-corrected chi connectivity index (χ3v) is 5.03. The number of benzene rings is 1. The first kappa shape index (κ1) is 15.5. The molecule has 3 nitrogen and oxygen atoms in total. The Morgan fingerprint density at radius 2 is 2.06 bits per heavy atom. The van der Waals surface area contributed by atoms with Crippen LogP contribution in [0, 0.1) is 5.92 Å². The highest BCUT2D eigenvalue weighted by Gasteiger charge is 2.25. The van der Waals surface area contributed by atoms with E-state index in [2.05, 4.69) is 6.58 Å². The van der Waals surface area contributed by atoms with Gasteiger partial charge >= 0.3 is 6.80 Å². The first-order valence-corrected chi connectivity index (χ1v) is 8.81. The molecule has 1 aromatic rings. The van der Waals surface area contributed by atoms with Crippen LogP contribution >= 0.6 is 18.2 Å². The lowest BCUT2D eigenvalue weighted by Crippen LogP contribution is -2.10. The van der Waals surface area contributed by atoms with Crippen LogP contribution in [0.15, 0.2) is 47.9 Å². The van der Waals surface area contributed by atoms with Crippen LogP contribution < -0.4 is 0 Å². The van der Waals surface area contributed by atoms with Crippen molar-refractivity contribution >= 4 is 18.2 Å². The monoisotopic (exact) mass is 286 g/mol. The molecule has 0 radical (unpaired) electrons. The zero-order chi connectivity index (χ0) is 13.6. The van der Waals surface area contributed by atoms with E-state index in [0.29, 0.717) is 12.3 Å². The molecule has 0 saturated carbocycles. The normalized spacial score (nSPS) is 16.2. The Hall–Kier alpha value is -0.540. The van der Waals surface area contributed by atoms with Crippen LogP contribution in [-0.4, -0.2) is 11.0 Å². The summed E-state index contributed by atoms with van der Waals surface area (Å²) < 4.78 is 17.2. The Morgan fingerprint density at radius 1 is 1.44 bits per heavy atom. The molecular weight excluding hydrogens is 267 g/mol. The summed E-state index contributed by atoms with van der Waals surface area (Å²) in [7, 11) is 0. The van der Waals surface area contributed by atoms with Crippen LogP contribution in [0.5, 0.6) is 0 Å². The van der Waals surface area contributed by atoms with Gasteiger partial charge in [0.15, 0.2) is 0 Å². The molecule has 0 bridgehead atoms. The van der Waals surface area contributed by atoms with Gasteiger partial charge in [0.05, 0.1) is 6.10 Å². The van der Waals surface area contributed by atoms with Crippen molar-refractivity contribution in [3.8, 4) is 0 Å². The Balaban J connectivity index is 2.63. The lowest BCUT2D eigenvalue weighted by molar-refractivity contribution is 0.200. The summed E-state index contributed by atoms with van der Waals surface area (Å²) in [4.78, 5) is 10.5. The highest BCUT2D eigenvalue weighted by molar-refractivity contribution is 8.54. The summed E-state index contributed by atoms with van der Waals surface area (Å²) in [5, 5.41) is 0. The second-order valence-electron chi connectivity index (χ2n) is 4.38. The topological polar surface area (TPSA) is 46.5 Å². The molecule has 0 amide bonds. The largest absolute Gasteiger partial charge is 0.391 e. The third-order valence-electron chi connectivity index (χ3n) is 2.20. The zero-order valence-electron chi connectivity index (χ0n) is 10.7. The van der Waals surface area contributed by atoms with Crippen molar-refractivity contribution in [2.75, 3.05) is 0 Å². The van der Waals surface area contributed by atoms with Crippen molar-refractivity contribution in [2.45, 2.75) is 31.3 Å². The van der Waals surface area contributed by atoms with Gasteiger partial charge in [-0.1, -0.05) is 38.1 Å². The average Bonchev–Trinajstić information content (AvgIpc) is 2.27. The van der Waals surface area contributed by atoms with Crippen LogP contribution in [0.2, 0.25) is 0 Å². The average molecular weight is 286 g/mol. The fourth-order valence-corrected chi connectivity index (χ4v) is 4.18. The quantitative estimate of drug-likeness (QED) is 0.592. The molecule has 0 spiro atoms. The molecule has 1 N–H and O–H groups in total. The first-order chi connectivity index (χ1) is 8.43. The summed E-state index contributed by atoms with van der Waals surface area (Å²) in [6, 6.07) is 9.06. The maximum atomic E-state index is 12.0. The van der Waals surface area contributed by atoms with Gasteiger partial charge in [0.25, 0.3) is 0 Å². The Labute approximate surface area is 113 Å². The smallest absolute Gasteiger partial charge is 0.316 e. The van der Waals surface area contributed by atoms with Gasteiger partial charge < -0.3 is 4.89 Å². The predicted octanol–water partition coefficient (Wildman–Crippen LogP) is 4.50. The van der Waals surface area contributed by atoms with Crippen molar-refractivity contribution < 1.29 is 14.0 Å². The van der Waals surface area contributed by atoms with Gasteiger partial charge in [0.2, 0.25) is 0 Å². The molecular formula is C13H19O3PS. The fraction of sp³-hybridized carbons (Fsp3) is 0.385. The Bertz CT molecular complexity index is 420. The number of hydrogen-bond donors (Lipinski definition) is 1. The van der Waals surface area contributed by atoms with Gasteiger partial charge in [-0.25, -0.2) is 4.57 Å². The van der Waals surface area contributed by atoms with Crippen molar-refractivity contribution in [3.63, 3.8) is 0 Å². The van der Waals surface area contributed by atoms with Gasteiger partial charge in [0.1, 0.15) is 0 Å². The third kappa shape index (κ3) is 5.87. The minimum atomic E-state index is -3.70. The standard InChI is InChI=1S/C13H19O3PS/c1-4-12(10-11(2)3)16-17(14,15)18-13-8-6-5-7-9-13/h4-9,11-12H,1,10H2,2-3H3,(H,14,15). The molecule has 2 atom stereocenters. The van der Waals surface area contributed by atoms with Crippen molar-refractivity contribution in [2.24, 2.45) is 5.92 Å². The van der Waals surface area contributed by atoms with E-state index in [1.165, 1.54) is 0 Å². The van der Waals surface area contributed by atoms with Crippen LogP contribution in [-0.2, 0) is 9.09 Å². The molecule has 5 heteroatoms. The van der Waals surface area contributed by atoms with Gasteiger partial charge in [-0.05, 0) is 35.9 Å². The fourth-order valence-electron chi connectivity index (χ4n) is 1.45. The maximum absolute atomic E-state index is 12.0. The SMILES string of the molecule is C=CC(CC(C)C)OP(=O)(O)Sc1ccccc1. The molecule has 0 aliphatic carbocycles. The van der Waals surface area contributed by atoms with E-state index in [1.54, 1.807) is 18.2 Å². The highest BCUT2D eigenvalue weighted by atomic mass is 32.7. The van der Waals surface area contributed by atoms with Gasteiger partial charge in [-0.2, -0.15) is 0 Å². The molecule has 2 unspecified atom stereocenters. The van der Waals surface area contributed by atoms with Crippen molar-refractivity contribution in [3.05, 3.63) is 43.0 Å². The summed E-state index contributed by atoms with van der Waals surface area (Å²) in [6.07, 6.45) is 1.87. The number of rotatable bonds is 7. The maximum Gasteiger partial charge on any atom is 0.391 e. The molecule has 0 fully saturated rings. The van der Waals surface area contributed by atoms with E-state index in [4.69, 9.17) is 4.52 Å². The predicted molar refractivity (Wildman–Crippen MR) is 76.6 cm³/mol. The summed E-state index contributed by atoms with van der Waals surface area (Å²) in [6.45, 7) is 4.01. The molecule has 0 aliphatic heterocycles. The Morgan fingerprint density at radius 3 is 2.56 bits per heavy atom. The first-order valence-electron chi connectivity index (χ1n) is 5.81. The van der Waals surface area contributed by atoms with E-state index < -0.39 is 12.9 Å². The van der Waals surface area contributed by atoms with Crippen molar-refractivity contribution in [1.82, 2.24) is 0 Å². The van der Waals surface area contributed by atoms with Crippen LogP contribution in [0.4, 0.5) is 0 Å². The van der Waals surface area contributed by atoms with Crippen molar-refractivity contribution in [1.29, 1.82) is 0 Å². The summed E-state index contributed by atoms with van der Waals surface area (Å²) in [5.74, 6) is 0.384. The van der Waals surface area contributed by atoms with E-state index in [-0.39, 0.29) is 0 Å². The van der Waals surface area contributed by atoms with E-state index in [9.17, 15) is 9.46 Å². The minimum Gasteiger partial charge on any atom is -0.316 e. The number of hydrogen-bond acceptors (Lipinski definition) is 3. The van der Waals surface area contributed by atoms with Crippen LogP contribution in [0.3, 0.4) is 0 Å². The summed E-state index contributed by atoms with van der Waals surface area (Å²) in [5.41, 5.74) is 0. The van der Waals surface area contributed by atoms with Crippen LogP contribution in [0.25, 0.3) is 0 Å². The highest BCUT2D eigenvalue weighted by Crippen LogP contribution is 2.60. The van der Waals surface area contributed by atoms with Gasteiger partial charge in [0, 0.05) is 4.90 Å². The lowest BCUT2D eigenvalue weighted by atomic mass is 10.1. The Kier molecular flexibility index (Phi) is 6.16. The van der Waals surface area contributed by atoms with E-state index >= 15 is 0 Å². The summed E-state index contributed by atoms with van der Waals surface area (Å²) >= 11 is 0.858. The molecule has 1 aromatic carbocycles. The second kappa shape index (κ2) is 7.15. The molecule has 0 saturated heterocycles. The zero-order valence-corrected chi connectivity index (χ0v) is 12.4. The van der Waals surface area contributed by atoms with E-state index in [1.807, 2.05) is 32.0 Å². The molecule has 18 heavy (non-hydrogen) atoms. The molecule has 100 valence electrons. The minimum absolute atomic E-state index is 0.384. The van der Waals surface area contributed by atoms with Gasteiger partial charge in [-0.15, -0.1) is 6.58 Å². The van der Waals surface area contributed by atoms with Crippen LogP contribution in [0.1, 0.15) is 20.3 Å². The van der Waals surface area contributed by atoms with Gasteiger partial charge in [-0.3, -0.25) is 4.52 Å². The molecule has 1 rings (SSSR count). The second-order valence-corrected chi connectivity index (χ2v) is 8.12. The molecule has 0 aromatic heterocycles. The van der Waals surface area contributed by atoms with E-state index in [0.717, 1.165) is 16.3 Å².